The number of anilines is 1. The van der Waals surface area contributed by atoms with Gasteiger partial charge in [-0.3, -0.25) is 14.4 Å². The second kappa shape index (κ2) is 7.74. The van der Waals surface area contributed by atoms with Crippen LogP contribution in [0.25, 0.3) is 22.4 Å². The van der Waals surface area contributed by atoms with Gasteiger partial charge in [-0.1, -0.05) is 12.7 Å². The van der Waals surface area contributed by atoms with Gasteiger partial charge in [0.15, 0.2) is 11.5 Å². The Bertz CT molecular complexity index is 1110. The molecule has 0 saturated heterocycles. The lowest BCUT2D eigenvalue weighted by Crippen LogP contribution is -2.26. The first-order valence-electron chi connectivity index (χ1n) is 8.23. The van der Waals surface area contributed by atoms with Crippen molar-refractivity contribution in [3.05, 3.63) is 77.0 Å². The number of fused-ring (bicyclic) bond motifs is 1. The summed E-state index contributed by atoms with van der Waals surface area (Å²) in [4.78, 5) is 25.3. The van der Waals surface area contributed by atoms with Gasteiger partial charge in [-0.2, -0.15) is 0 Å². The van der Waals surface area contributed by atoms with E-state index in [2.05, 4.69) is 21.5 Å². The molecule has 2 aromatic heterocycles. The van der Waals surface area contributed by atoms with E-state index >= 15 is 0 Å². The van der Waals surface area contributed by atoms with Crippen LogP contribution in [0.15, 0.2) is 70.6 Å². The van der Waals surface area contributed by atoms with Gasteiger partial charge in [0.05, 0.1) is 12.2 Å². The van der Waals surface area contributed by atoms with E-state index in [1.807, 2.05) is 6.92 Å². The van der Waals surface area contributed by atoms with Gasteiger partial charge in [-0.15, -0.1) is 0 Å². The largest absolute Gasteiger partial charge is 0.379 e. The van der Waals surface area contributed by atoms with Crippen LogP contribution >= 0.6 is 0 Å². The van der Waals surface area contributed by atoms with E-state index in [0.29, 0.717) is 16.9 Å². The Balaban J connectivity index is 2.08. The van der Waals surface area contributed by atoms with Gasteiger partial charge < -0.3 is 5.73 Å². The third kappa shape index (κ3) is 3.98. The number of rotatable bonds is 5. The second-order valence-electron chi connectivity index (χ2n) is 5.87. The number of benzene rings is 1. The Morgan fingerprint density at radius 1 is 1.26 bits per heavy atom. The van der Waals surface area contributed by atoms with E-state index in [9.17, 15) is 9.18 Å². The molecule has 6 nitrogen and oxygen atoms in total. The summed E-state index contributed by atoms with van der Waals surface area (Å²) in [6.45, 7) is 5.70. The van der Waals surface area contributed by atoms with Crippen molar-refractivity contribution in [2.24, 2.45) is 4.99 Å². The van der Waals surface area contributed by atoms with Gasteiger partial charge >= 0.3 is 0 Å². The third-order valence-corrected chi connectivity index (χ3v) is 3.93. The van der Waals surface area contributed by atoms with Gasteiger partial charge in [0.2, 0.25) is 0 Å². The van der Waals surface area contributed by atoms with Crippen LogP contribution in [-0.4, -0.2) is 20.7 Å². The zero-order chi connectivity index (χ0) is 19.4. The molecule has 0 spiro atoms. The molecule has 1 aromatic carbocycles. The minimum atomic E-state index is -0.442. The molecule has 27 heavy (non-hydrogen) atoms. The molecule has 0 amide bonds. The van der Waals surface area contributed by atoms with E-state index in [4.69, 9.17) is 5.73 Å². The summed E-state index contributed by atoms with van der Waals surface area (Å²) < 4.78 is 14.6. The topological polar surface area (TPSA) is 86.2 Å². The highest BCUT2D eigenvalue weighted by Gasteiger charge is 2.11. The van der Waals surface area contributed by atoms with E-state index in [-0.39, 0.29) is 18.2 Å². The molecule has 0 aliphatic heterocycles. The van der Waals surface area contributed by atoms with Crippen LogP contribution < -0.4 is 11.3 Å². The van der Waals surface area contributed by atoms with Gasteiger partial charge in [0, 0.05) is 18.0 Å². The van der Waals surface area contributed by atoms with Crippen molar-refractivity contribution in [1.29, 1.82) is 0 Å². The predicted octanol–water partition coefficient (Wildman–Crippen LogP) is 3.34. The minimum absolute atomic E-state index is 0.106. The first-order valence-corrected chi connectivity index (χ1v) is 8.23. The smallest absolute Gasteiger partial charge is 0.295 e. The van der Waals surface area contributed by atoms with Crippen molar-refractivity contribution in [2.75, 3.05) is 5.73 Å². The fourth-order valence-corrected chi connectivity index (χ4v) is 2.44. The van der Waals surface area contributed by atoms with Crippen molar-refractivity contribution < 1.29 is 4.39 Å². The number of halogens is 1. The van der Waals surface area contributed by atoms with Crippen molar-refractivity contribution in [3.8, 4) is 11.3 Å². The van der Waals surface area contributed by atoms with Crippen molar-refractivity contribution in [1.82, 2.24) is 14.5 Å². The number of allylic oxidation sites excluding steroid dienone is 2. The molecular formula is C20H18FN5O. The second-order valence-corrected chi connectivity index (χ2v) is 5.87. The Hall–Kier alpha value is -3.61. The molecule has 0 bridgehead atoms. The lowest BCUT2D eigenvalue weighted by Gasteiger charge is -2.09. The molecule has 7 heteroatoms. The molecule has 2 heterocycles. The summed E-state index contributed by atoms with van der Waals surface area (Å²) in [5, 5.41) is 0. The molecule has 0 aliphatic rings. The molecular weight excluding hydrogens is 345 g/mol. The van der Waals surface area contributed by atoms with Gasteiger partial charge in [0.1, 0.15) is 11.3 Å². The van der Waals surface area contributed by atoms with Gasteiger partial charge in [-0.05, 0) is 48.9 Å². The van der Waals surface area contributed by atoms with Crippen LogP contribution in [0.5, 0.6) is 0 Å². The number of nitrogen functional groups attached to an aromatic ring is 1. The van der Waals surface area contributed by atoms with Crippen LogP contribution in [0.1, 0.15) is 6.92 Å². The molecule has 0 fully saturated rings. The predicted molar refractivity (Wildman–Crippen MR) is 106 cm³/mol. The Morgan fingerprint density at radius 2 is 2.00 bits per heavy atom. The first kappa shape index (κ1) is 18.2. The average molecular weight is 363 g/mol. The molecule has 2 N–H and O–H groups in total. The molecule has 0 saturated carbocycles. The summed E-state index contributed by atoms with van der Waals surface area (Å²) in [7, 11) is 0. The third-order valence-electron chi connectivity index (χ3n) is 3.93. The maximum absolute atomic E-state index is 13.2. The van der Waals surface area contributed by atoms with Crippen LogP contribution in [-0.2, 0) is 6.54 Å². The molecule has 3 aromatic rings. The normalized spacial score (nSPS) is 12.0. The van der Waals surface area contributed by atoms with Gasteiger partial charge in [0.25, 0.3) is 5.56 Å². The highest BCUT2D eigenvalue weighted by Crippen LogP contribution is 2.20. The quantitative estimate of drug-likeness (QED) is 0.556. The number of hydrogen-bond acceptors (Lipinski definition) is 5. The summed E-state index contributed by atoms with van der Waals surface area (Å²) in [6, 6.07) is 9.45. The average Bonchev–Trinajstić information content (AvgIpc) is 2.68. The van der Waals surface area contributed by atoms with Crippen LogP contribution in [0.4, 0.5) is 10.2 Å². The molecule has 0 aliphatic carbocycles. The van der Waals surface area contributed by atoms with Crippen molar-refractivity contribution in [2.45, 2.75) is 13.5 Å². The maximum Gasteiger partial charge on any atom is 0.295 e. The summed E-state index contributed by atoms with van der Waals surface area (Å²) >= 11 is 0. The zero-order valence-electron chi connectivity index (χ0n) is 14.8. The number of nitrogens with zero attached hydrogens (tertiary/aromatic N) is 4. The lowest BCUT2D eigenvalue weighted by atomic mass is 10.1. The molecule has 0 unspecified atom stereocenters. The van der Waals surface area contributed by atoms with E-state index in [1.165, 1.54) is 16.7 Å². The summed E-state index contributed by atoms with van der Waals surface area (Å²) in [6.07, 6.45) is 4.90. The van der Waals surface area contributed by atoms with E-state index in [1.54, 1.807) is 42.8 Å². The molecule has 136 valence electrons. The SMILES string of the molecule is C=C/C(C)=C\N=CCn1c(=O)c(N)nc2ccc(-c3ccc(F)cc3)nc21. The lowest BCUT2D eigenvalue weighted by molar-refractivity contribution is 0.628. The summed E-state index contributed by atoms with van der Waals surface area (Å²) in [5.41, 5.74) is 8.40. The Kier molecular flexibility index (Phi) is 5.21. The van der Waals surface area contributed by atoms with Crippen molar-refractivity contribution >= 4 is 23.2 Å². The standard InChI is InChI=1S/C20H18FN5O/c1-3-13(2)12-23-10-11-26-19-17(24-18(22)20(26)27)9-8-16(25-19)14-4-6-15(21)7-5-14/h3-10,12H,1,11H2,2H3,(H2,22,24)/b13-12-,23-10?. The minimum Gasteiger partial charge on any atom is -0.379 e. The first-order chi connectivity index (χ1) is 13.0. The van der Waals surface area contributed by atoms with Gasteiger partial charge in [-0.25, -0.2) is 14.4 Å². The zero-order valence-corrected chi connectivity index (χ0v) is 14.8. The van der Waals surface area contributed by atoms with Crippen molar-refractivity contribution in [3.63, 3.8) is 0 Å². The Morgan fingerprint density at radius 3 is 2.70 bits per heavy atom. The van der Waals surface area contributed by atoms with Crippen LogP contribution in [0, 0.1) is 5.82 Å². The molecule has 3 rings (SSSR count). The fraction of sp³-hybridized carbons (Fsp3) is 0.100. The maximum atomic E-state index is 13.2. The highest BCUT2D eigenvalue weighted by molar-refractivity contribution is 5.77. The number of aromatic nitrogens is 3. The number of hydrogen-bond donors (Lipinski definition) is 1. The number of aliphatic imine (C=N–C) groups is 1. The van der Waals surface area contributed by atoms with E-state index < -0.39 is 5.56 Å². The molecule has 0 atom stereocenters. The van der Waals surface area contributed by atoms with Crippen LogP contribution in [0.3, 0.4) is 0 Å². The summed E-state index contributed by atoms with van der Waals surface area (Å²) in [5.74, 6) is -0.435. The highest BCUT2D eigenvalue weighted by atomic mass is 19.1. The number of nitrogens with two attached hydrogens (primary N) is 1. The molecule has 0 radical (unpaired) electrons. The van der Waals surface area contributed by atoms with Crippen LogP contribution in [0.2, 0.25) is 0 Å². The Labute approximate surface area is 155 Å². The number of pyridine rings is 1. The van der Waals surface area contributed by atoms with E-state index in [0.717, 1.165) is 11.1 Å². The fourth-order valence-electron chi connectivity index (χ4n) is 2.44. The monoisotopic (exact) mass is 363 g/mol.